The van der Waals surface area contributed by atoms with Crippen LogP contribution in [0.4, 0.5) is 0 Å². The van der Waals surface area contributed by atoms with Crippen LogP contribution in [0.5, 0.6) is 11.5 Å². The van der Waals surface area contributed by atoms with E-state index in [1.54, 1.807) is 30.4 Å². The topological polar surface area (TPSA) is 46.5 Å². The maximum absolute atomic E-state index is 11.6. The molecule has 0 saturated heterocycles. The van der Waals surface area contributed by atoms with E-state index in [2.05, 4.69) is 6.92 Å². The smallest absolute Gasteiger partial charge is 0.161 e. The Morgan fingerprint density at radius 1 is 1.32 bits per heavy atom. The molecular weight excluding hydrogens is 240 g/mol. The minimum Gasteiger partial charge on any atom is -0.504 e. The van der Waals surface area contributed by atoms with Crippen molar-refractivity contribution in [3.8, 4) is 11.5 Å². The summed E-state index contributed by atoms with van der Waals surface area (Å²) >= 11 is 0. The highest BCUT2D eigenvalue weighted by Crippen LogP contribution is 2.26. The number of hydrogen-bond acceptors (Lipinski definition) is 3. The van der Waals surface area contributed by atoms with Gasteiger partial charge in [0.25, 0.3) is 0 Å². The van der Waals surface area contributed by atoms with Crippen LogP contribution >= 0.6 is 0 Å². The zero-order valence-corrected chi connectivity index (χ0v) is 11.7. The van der Waals surface area contributed by atoms with Crippen molar-refractivity contribution >= 4 is 11.9 Å². The van der Waals surface area contributed by atoms with Crippen molar-refractivity contribution in [2.45, 2.75) is 39.0 Å². The van der Waals surface area contributed by atoms with Crippen molar-refractivity contribution in [1.29, 1.82) is 0 Å². The van der Waals surface area contributed by atoms with Gasteiger partial charge in [-0.05, 0) is 30.2 Å². The summed E-state index contributed by atoms with van der Waals surface area (Å²) in [6.45, 7) is 2.15. The summed E-state index contributed by atoms with van der Waals surface area (Å²) < 4.78 is 5.02. The second-order valence-corrected chi connectivity index (χ2v) is 4.54. The third-order valence-electron chi connectivity index (χ3n) is 2.94. The summed E-state index contributed by atoms with van der Waals surface area (Å²) in [6.07, 6.45) is 8.39. The molecule has 0 radical (unpaired) electrons. The summed E-state index contributed by atoms with van der Waals surface area (Å²) in [5, 5.41) is 9.46. The third-order valence-corrected chi connectivity index (χ3v) is 2.94. The Morgan fingerprint density at radius 2 is 2.11 bits per heavy atom. The van der Waals surface area contributed by atoms with E-state index in [-0.39, 0.29) is 11.5 Å². The lowest BCUT2D eigenvalue weighted by molar-refractivity contribution is -0.114. The second-order valence-electron chi connectivity index (χ2n) is 4.54. The number of carbonyl (C=O) groups excluding carboxylic acids is 1. The van der Waals surface area contributed by atoms with E-state index < -0.39 is 0 Å². The molecule has 0 amide bonds. The van der Waals surface area contributed by atoms with Crippen LogP contribution in [-0.2, 0) is 4.79 Å². The highest BCUT2D eigenvalue weighted by atomic mass is 16.5. The Bertz CT molecular complexity index is 436. The summed E-state index contributed by atoms with van der Waals surface area (Å²) in [4.78, 5) is 11.6. The van der Waals surface area contributed by atoms with Gasteiger partial charge in [0.05, 0.1) is 7.11 Å². The Balaban J connectivity index is 2.49. The summed E-state index contributed by atoms with van der Waals surface area (Å²) in [7, 11) is 1.50. The highest BCUT2D eigenvalue weighted by molar-refractivity contribution is 5.93. The van der Waals surface area contributed by atoms with Crippen LogP contribution < -0.4 is 4.74 Å². The summed E-state index contributed by atoms with van der Waals surface area (Å²) in [5.74, 6) is 0.659. The van der Waals surface area contributed by atoms with Gasteiger partial charge in [-0.25, -0.2) is 0 Å². The zero-order chi connectivity index (χ0) is 14.1. The fourth-order valence-corrected chi connectivity index (χ4v) is 1.80. The van der Waals surface area contributed by atoms with E-state index in [1.807, 2.05) is 0 Å². The monoisotopic (exact) mass is 262 g/mol. The van der Waals surface area contributed by atoms with Gasteiger partial charge in [-0.3, -0.25) is 4.79 Å². The molecule has 0 spiro atoms. The largest absolute Gasteiger partial charge is 0.504 e. The van der Waals surface area contributed by atoms with Crippen LogP contribution in [0.1, 0.15) is 44.6 Å². The molecule has 3 nitrogen and oxygen atoms in total. The third kappa shape index (κ3) is 5.60. The van der Waals surface area contributed by atoms with Crippen LogP contribution in [0.15, 0.2) is 24.3 Å². The molecule has 19 heavy (non-hydrogen) atoms. The molecule has 1 rings (SSSR count). The minimum absolute atomic E-state index is 0.102. The van der Waals surface area contributed by atoms with Gasteiger partial charge in [-0.1, -0.05) is 38.3 Å². The molecule has 1 aromatic rings. The number of phenolic OH excluding ortho intramolecular Hbond substituents is 1. The molecule has 0 bridgehead atoms. The highest BCUT2D eigenvalue weighted by Gasteiger charge is 2.01. The molecule has 0 fully saturated rings. The van der Waals surface area contributed by atoms with Crippen molar-refractivity contribution in [3.63, 3.8) is 0 Å². The lowest BCUT2D eigenvalue weighted by Crippen LogP contribution is -1.92. The number of benzene rings is 1. The van der Waals surface area contributed by atoms with E-state index >= 15 is 0 Å². The maximum atomic E-state index is 11.6. The summed E-state index contributed by atoms with van der Waals surface area (Å²) in [6, 6.07) is 5.01. The van der Waals surface area contributed by atoms with Crippen LogP contribution in [0.3, 0.4) is 0 Å². The lowest BCUT2D eigenvalue weighted by Gasteiger charge is -2.03. The van der Waals surface area contributed by atoms with Gasteiger partial charge in [0.15, 0.2) is 17.3 Å². The van der Waals surface area contributed by atoms with Crippen molar-refractivity contribution in [2.24, 2.45) is 0 Å². The number of phenols is 1. The number of unbranched alkanes of at least 4 members (excludes halogenated alkanes) is 3. The van der Waals surface area contributed by atoms with Crippen LogP contribution in [0.25, 0.3) is 6.08 Å². The number of aromatic hydroxyl groups is 1. The Morgan fingerprint density at radius 3 is 2.79 bits per heavy atom. The molecule has 104 valence electrons. The van der Waals surface area contributed by atoms with Gasteiger partial charge in [-0.15, -0.1) is 0 Å². The second kappa shape index (κ2) is 8.35. The molecular formula is C16H22O3. The number of allylic oxidation sites excluding steroid dienone is 1. The molecule has 1 N–H and O–H groups in total. The van der Waals surface area contributed by atoms with E-state index in [0.29, 0.717) is 12.2 Å². The number of rotatable bonds is 8. The molecule has 0 heterocycles. The molecule has 0 aliphatic carbocycles. The number of ketones is 1. The fraction of sp³-hybridized carbons (Fsp3) is 0.438. The van der Waals surface area contributed by atoms with Crippen molar-refractivity contribution < 1.29 is 14.6 Å². The normalized spacial score (nSPS) is 10.8. The number of ether oxygens (including phenoxy) is 1. The zero-order valence-electron chi connectivity index (χ0n) is 11.7. The van der Waals surface area contributed by atoms with E-state index in [0.717, 1.165) is 18.4 Å². The lowest BCUT2D eigenvalue weighted by atomic mass is 10.1. The van der Waals surface area contributed by atoms with Gasteiger partial charge >= 0.3 is 0 Å². The van der Waals surface area contributed by atoms with Gasteiger partial charge in [0.1, 0.15) is 0 Å². The predicted molar refractivity (Wildman–Crippen MR) is 77.5 cm³/mol. The molecule has 0 atom stereocenters. The quantitative estimate of drug-likeness (QED) is 0.570. The Kier molecular flexibility index (Phi) is 6.72. The standard InChI is InChI=1S/C16H22O3/c1-3-4-5-6-7-14(17)10-8-13-9-11-15(18)16(12-13)19-2/h8-12,18H,3-7H2,1-2H3. The van der Waals surface area contributed by atoms with E-state index in [9.17, 15) is 9.90 Å². The molecule has 0 aliphatic heterocycles. The predicted octanol–water partition coefficient (Wildman–Crippen LogP) is 3.95. The summed E-state index contributed by atoms with van der Waals surface area (Å²) in [5.41, 5.74) is 0.844. The molecule has 0 aromatic heterocycles. The van der Waals surface area contributed by atoms with Crippen molar-refractivity contribution in [2.75, 3.05) is 7.11 Å². The van der Waals surface area contributed by atoms with Crippen LogP contribution in [0, 0.1) is 0 Å². The number of carbonyl (C=O) groups is 1. The Labute approximate surface area is 114 Å². The number of hydrogen-bond donors (Lipinski definition) is 1. The number of methoxy groups -OCH3 is 1. The average Bonchev–Trinajstić information content (AvgIpc) is 2.42. The Hall–Kier alpha value is -1.77. The van der Waals surface area contributed by atoms with E-state index in [4.69, 9.17) is 4.74 Å². The molecule has 3 heteroatoms. The van der Waals surface area contributed by atoms with E-state index in [1.165, 1.54) is 20.0 Å². The first-order valence-electron chi connectivity index (χ1n) is 6.75. The van der Waals surface area contributed by atoms with Crippen molar-refractivity contribution in [1.82, 2.24) is 0 Å². The minimum atomic E-state index is 0.102. The van der Waals surface area contributed by atoms with Gasteiger partial charge in [0.2, 0.25) is 0 Å². The van der Waals surface area contributed by atoms with Crippen LogP contribution in [0.2, 0.25) is 0 Å². The molecule has 0 saturated carbocycles. The molecule has 0 unspecified atom stereocenters. The first-order chi connectivity index (χ1) is 9.17. The first kappa shape index (κ1) is 15.3. The van der Waals surface area contributed by atoms with Crippen molar-refractivity contribution in [3.05, 3.63) is 29.8 Å². The molecule has 1 aromatic carbocycles. The SMILES string of the molecule is CCCCCCC(=O)C=Cc1ccc(O)c(OC)c1. The van der Waals surface area contributed by atoms with Crippen LogP contribution in [-0.4, -0.2) is 18.0 Å². The fourth-order valence-electron chi connectivity index (χ4n) is 1.80. The van der Waals surface area contributed by atoms with Gasteiger partial charge in [0, 0.05) is 6.42 Å². The van der Waals surface area contributed by atoms with Gasteiger partial charge in [-0.2, -0.15) is 0 Å². The molecule has 0 aliphatic rings. The average molecular weight is 262 g/mol. The maximum Gasteiger partial charge on any atom is 0.161 e. The van der Waals surface area contributed by atoms with Gasteiger partial charge < -0.3 is 9.84 Å². The first-order valence-corrected chi connectivity index (χ1v) is 6.75.